The van der Waals surface area contributed by atoms with Crippen LogP contribution in [0.25, 0.3) is 120 Å². The molecule has 140 heavy (non-hydrogen) atoms. The van der Waals surface area contributed by atoms with E-state index in [1.807, 2.05) is 279 Å². The van der Waals surface area contributed by atoms with Crippen LogP contribution in [0.3, 0.4) is 0 Å². The molecule has 5 aliphatic carbocycles. The third-order valence-corrected chi connectivity index (χ3v) is 29.9. The van der Waals surface area contributed by atoms with Crippen LogP contribution in [0.2, 0.25) is 11.6 Å². The molecule has 18 nitrogen and oxygen atoms in total. The molecule has 0 spiro atoms. The van der Waals surface area contributed by atoms with Crippen molar-refractivity contribution in [1.82, 2.24) is 0 Å². The number of carbonyl (C=O) groups excluding carboxylic acids is 3. The molecule has 18 aromatic rings. The van der Waals surface area contributed by atoms with Gasteiger partial charge in [0, 0.05) is 93.4 Å². The zero-order valence-electron chi connectivity index (χ0n) is 75.7. The van der Waals surface area contributed by atoms with Crippen LogP contribution < -0.4 is 97.2 Å². The molecule has 18 aromatic carbocycles. The van der Waals surface area contributed by atoms with Crippen LogP contribution in [0.1, 0.15) is 80.9 Å². The molecule has 0 atom stereocenters. The monoisotopic (exact) mass is 1820 g/mol. The molecule has 0 radical (unpaired) electrons. The number of nitrogens with one attached hydrogen (secondary N) is 3. The summed E-state index contributed by atoms with van der Waals surface area (Å²) in [6, 6.07) is 107. The highest BCUT2D eigenvalue weighted by Crippen LogP contribution is 2.52. The summed E-state index contributed by atoms with van der Waals surface area (Å²) in [5, 5.41) is 65.6. The first-order valence-corrected chi connectivity index (χ1v) is 48.3. The van der Waals surface area contributed by atoms with E-state index in [0.717, 1.165) is 179 Å². The van der Waals surface area contributed by atoms with Gasteiger partial charge in [0.1, 0.15) is 51.8 Å². The number of hydrogen-bond acceptors (Lipinski definition) is 18. The van der Waals surface area contributed by atoms with E-state index in [4.69, 9.17) is 42.6 Å². The van der Waals surface area contributed by atoms with Gasteiger partial charge in [0.15, 0.2) is 0 Å². The number of fused-ring (bicyclic) bond motifs is 2. The Morgan fingerprint density at radius 1 is 0.264 bits per heavy atom. The van der Waals surface area contributed by atoms with Gasteiger partial charge in [0.05, 0.1) is 49.5 Å². The van der Waals surface area contributed by atoms with Crippen molar-refractivity contribution in [3.05, 3.63) is 393 Å². The standard InChI is InChI=1S/C44H26B2N2O4.C36H34B2N2O4.C36H22B2N2O4/c49-43-39(31-23-21-27-13-7-19-35-37(27)41(31)47-45(51-35)33-17-5-11-25-9-1-3-15-29(25)33)44(50)40(43)32-24-22-28-14-8-20-36-38(28)42(32)48-46(52-36)34-18-6-12-26-10-2-4-16-30(26)34;2*41-35-31(25-19-17-21-9-7-15-27-29(21)33(25)39-37(43-27)23-11-3-1-4-12-23)36(42)32(35)26-20-18-22-10-8-16-28-30(22)34(26)40-38(44-28)24-13-5-2-6-14-24/h1-24,47,49H;7-10,15-20,23-24,39,41H,1-6,11-14H2;1-20,39,41H. The number of anilines is 3. The highest BCUT2D eigenvalue weighted by Gasteiger charge is 2.47. The number of rotatable bonds is 9. The summed E-state index contributed by atoms with van der Waals surface area (Å²) in [7, 11) is -2.60. The highest BCUT2D eigenvalue weighted by molar-refractivity contribution is 6.75. The van der Waals surface area contributed by atoms with Gasteiger partial charge < -0.3 is 58.9 Å². The maximum absolute atomic E-state index is 14.5. The van der Waals surface area contributed by atoms with E-state index < -0.39 is 28.2 Å². The summed E-state index contributed by atoms with van der Waals surface area (Å²) >= 11 is 0. The Balaban J connectivity index is 0.000000106. The number of allylic oxidation sites excluding steroid dienone is 6. The van der Waals surface area contributed by atoms with Crippen LogP contribution in [-0.4, -0.2) is 75.0 Å². The van der Waals surface area contributed by atoms with E-state index in [2.05, 4.69) is 64.2 Å². The third kappa shape index (κ3) is 13.3. The molecule has 2 fully saturated rings. The fraction of sp³-hybridized carbons (Fsp3) is 0.103. The van der Waals surface area contributed by atoms with E-state index in [1.165, 1.54) is 38.5 Å². The van der Waals surface area contributed by atoms with Crippen LogP contribution in [0.5, 0.6) is 34.5 Å². The van der Waals surface area contributed by atoms with Crippen molar-refractivity contribution in [2.45, 2.75) is 75.8 Å². The number of ketones is 3. The SMILES string of the molecule is O=C1C(c2ccc3cccc4c3c2NB(C2CCCCC2)O4)=C(O)C1=c1ccc2cccc3c2c1=NB(C1CCCCC1)O3.O=C1C(c2ccc3cccc4c3c2NB(c2cccc3ccccc23)O4)=C(O)C1=c1ccc2cccc3c2c1=NB(c1cccc2ccccc12)O3.O=C1C(c2ccc3cccc4c3c2NB(c2ccccc2)O4)=C(O)C1=c1ccc2cccc3c2c1=NB(c1ccccc1)O3. The van der Waals surface area contributed by atoms with Gasteiger partial charge >= 0.3 is 42.3 Å². The fourth-order valence-corrected chi connectivity index (χ4v) is 23.1. The third-order valence-electron chi connectivity index (χ3n) is 29.9. The normalized spacial score (nSPS) is 17.7. The number of benzene rings is 18. The second-order valence-electron chi connectivity index (χ2n) is 37.8. The first-order chi connectivity index (χ1) is 68.9. The molecule has 6 N–H and O–H groups in total. The summed E-state index contributed by atoms with van der Waals surface area (Å²) in [5.41, 5.74) is 9.93. The van der Waals surface area contributed by atoms with Gasteiger partial charge in [-0.2, -0.15) is 0 Å². The lowest BCUT2D eigenvalue weighted by atomic mass is 9.59. The molecule has 0 unspecified atom stereocenters. The molecule has 666 valence electrons. The summed E-state index contributed by atoms with van der Waals surface area (Å²) in [6.45, 7) is 0. The van der Waals surface area contributed by atoms with Gasteiger partial charge in [0.25, 0.3) is 0 Å². The van der Waals surface area contributed by atoms with E-state index in [0.29, 0.717) is 77.5 Å². The molecule has 11 aliphatic rings. The van der Waals surface area contributed by atoms with E-state index in [9.17, 15) is 29.7 Å². The largest absolute Gasteiger partial charge is 0.541 e. The van der Waals surface area contributed by atoms with Crippen molar-refractivity contribution in [2.75, 3.05) is 15.7 Å². The number of Topliss-reactive ketones (excluding diaryl/α,β-unsaturated/α-hetero) is 3. The Morgan fingerprint density at radius 2 is 0.607 bits per heavy atom. The maximum atomic E-state index is 14.5. The van der Waals surface area contributed by atoms with Gasteiger partial charge in [0.2, 0.25) is 17.3 Å². The van der Waals surface area contributed by atoms with Gasteiger partial charge in [-0.25, -0.2) is 0 Å². The topological polar surface area (TPSA) is 240 Å². The van der Waals surface area contributed by atoms with Crippen LogP contribution in [0, 0.1) is 0 Å². The van der Waals surface area contributed by atoms with Crippen LogP contribution in [-0.2, 0) is 14.4 Å². The molecule has 0 amide bonds. The van der Waals surface area contributed by atoms with Crippen LogP contribution in [0.15, 0.2) is 360 Å². The molecule has 6 heterocycles. The lowest BCUT2D eigenvalue weighted by Gasteiger charge is -2.34. The van der Waals surface area contributed by atoms with Crippen LogP contribution >= 0.6 is 0 Å². The Hall–Kier alpha value is -16.7. The quantitative estimate of drug-likeness (QED) is 0.0737. The Labute approximate surface area is 804 Å². The van der Waals surface area contributed by atoms with Crippen LogP contribution in [0.4, 0.5) is 17.1 Å². The molecule has 0 saturated heterocycles. The highest BCUT2D eigenvalue weighted by atomic mass is 16.5. The van der Waals surface area contributed by atoms with Crippen molar-refractivity contribution < 1.29 is 57.6 Å². The second-order valence-corrected chi connectivity index (χ2v) is 37.8. The zero-order chi connectivity index (χ0) is 93.2. The Kier molecular flexibility index (Phi) is 19.5. The molecule has 2 saturated carbocycles. The average molecular weight is 1820 g/mol. The first-order valence-electron chi connectivity index (χ1n) is 48.3. The minimum atomic E-state index is -0.634. The van der Waals surface area contributed by atoms with Crippen molar-refractivity contribution in [2.24, 2.45) is 14.7 Å². The van der Waals surface area contributed by atoms with Gasteiger partial charge in [-0.1, -0.05) is 355 Å². The molecular weight excluding hydrogens is 1730 g/mol. The maximum Gasteiger partial charge on any atom is 0.539 e. The molecule has 6 aliphatic heterocycles. The van der Waals surface area contributed by atoms with E-state index in [1.54, 1.807) is 0 Å². The molecule has 29 rings (SSSR count). The molecule has 0 aromatic heterocycles. The molecule has 0 bridgehead atoms. The molecular formula is C116H82B6N6O12. The number of aliphatic hydroxyl groups excluding tert-OH is 3. The van der Waals surface area contributed by atoms with Crippen molar-refractivity contribution in [1.29, 1.82) is 0 Å². The van der Waals surface area contributed by atoms with Gasteiger partial charge in [-0.15, -0.1) is 0 Å². The Morgan fingerprint density at radius 3 is 1.09 bits per heavy atom. The smallest absolute Gasteiger partial charge is 0.539 e. The number of hydrogen-bond donors (Lipinski definition) is 6. The summed E-state index contributed by atoms with van der Waals surface area (Å²) in [5.74, 6) is 4.55. The summed E-state index contributed by atoms with van der Waals surface area (Å²) < 4.78 is 38.8. The minimum Gasteiger partial charge on any atom is -0.541 e. The average Bonchev–Trinajstić information content (AvgIpc) is 0.717. The number of nitrogens with zero attached hydrogens (tertiary/aromatic N) is 3. The van der Waals surface area contributed by atoms with Crippen molar-refractivity contribution in [3.8, 4) is 34.5 Å². The van der Waals surface area contributed by atoms with Crippen molar-refractivity contribution in [3.63, 3.8) is 0 Å². The zero-order valence-corrected chi connectivity index (χ0v) is 75.7. The molecule has 24 heteroatoms. The fourth-order valence-electron chi connectivity index (χ4n) is 23.1. The summed E-state index contributed by atoms with van der Waals surface area (Å²) in [6.07, 6.45) is 11.8. The minimum absolute atomic E-state index is 0.0366. The number of aliphatic hydroxyl groups is 3. The van der Waals surface area contributed by atoms with E-state index >= 15 is 0 Å². The summed E-state index contributed by atoms with van der Waals surface area (Å²) in [4.78, 5) is 58.0. The van der Waals surface area contributed by atoms with Crippen molar-refractivity contribution >= 4 is 218 Å². The van der Waals surface area contributed by atoms with Gasteiger partial charge in [-0.3, -0.25) is 29.1 Å². The Bertz CT molecular complexity index is 9080. The van der Waals surface area contributed by atoms with E-state index in [-0.39, 0.29) is 71.0 Å². The predicted octanol–water partition coefficient (Wildman–Crippen LogP) is 18.1. The lowest BCUT2D eigenvalue weighted by molar-refractivity contribution is -0.110. The first kappa shape index (κ1) is 82.7. The predicted molar refractivity (Wildman–Crippen MR) is 562 cm³/mol. The number of carbonyl (C=O) groups is 3. The second kappa shape index (κ2) is 33.0. The van der Waals surface area contributed by atoms with Gasteiger partial charge in [-0.05, 0) is 112 Å². The lowest BCUT2D eigenvalue weighted by Crippen LogP contribution is -2.47.